The quantitative estimate of drug-likeness (QED) is 0.777. The summed E-state index contributed by atoms with van der Waals surface area (Å²) < 4.78 is 26.6. The van der Waals surface area contributed by atoms with Gasteiger partial charge in [0.2, 0.25) is 5.91 Å². The largest absolute Gasteiger partial charge is 0.342 e. The molecule has 1 fully saturated rings. The Morgan fingerprint density at radius 2 is 1.86 bits per heavy atom. The lowest BCUT2D eigenvalue weighted by Gasteiger charge is -2.20. The SMILES string of the molecule is CN(CC(=O)c1cc(F)ccc1F)CC(=O)N1CCCC1. The maximum Gasteiger partial charge on any atom is 0.236 e. The number of carbonyl (C=O) groups excluding carboxylic acids is 2. The number of likely N-dealkylation sites (tertiary alicyclic amines) is 1. The van der Waals surface area contributed by atoms with E-state index in [0.717, 1.165) is 44.1 Å². The van der Waals surface area contributed by atoms with Crippen LogP contribution in [-0.4, -0.2) is 54.7 Å². The van der Waals surface area contributed by atoms with Crippen LogP contribution in [0.2, 0.25) is 0 Å². The van der Waals surface area contributed by atoms with Crippen LogP contribution in [0.15, 0.2) is 18.2 Å². The van der Waals surface area contributed by atoms with Crippen LogP contribution < -0.4 is 0 Å². The highest BCUT2D eigenvalue weighted by atomic mass is 19.1. The molecule has 1 aromatic rings. The summed E-state index contributed by atoms with van der Waals surface area (Å²) in [5.41, 5.74) is -0.282. The number of amides is 1. The first-order chi connectivity index (χ1) is 9.97. The molecule has 0 radical (unpaired) electrons. The third-order valence-corrected chi connectivity index (χ3v) is 3.51. The van der Waals surface area contributed by atoms with Gasteiger partial charge in [0.1, 0.15) is 11.6 Å². The third kappa shape index (κ3) is 4.07. The van der Waals surface area contributed by atoms with Crippen molar-refractivity contribution in [2.24, 2.45) is 0 Å². The van der Waals surface area contributed by atoms with Gasteiger partial charge in [-0.15, -0.1) is 0 Å². The summed E-state index contributed by atoms with van der Waals surface area (Å²) >= 11 is 0. The molecule has 2 rings (SSSR count). The van der Waals surface area contributed by atoms with Crippen molar-refractivity contribution in [3.8, 4) is 0 Å². The summed E-state index contributed by atoms with van der Waals surface area (Å²) in [7, 11) is 1.61. The Bertz CT molecular complexity index is 542. The van der Waals surface area contributed by atoms with Gasteiger partial charge < -0.3 is 4.90 Å². The van der Waals surface area contributed by atoms with E-state index in [0.29, 0.717) is 0 Å². The summed E-state index contributed by atoms with van der Waals surface area (Å²) in [6, 6.07) is 2.78. The predicted octanol–water partition coefficient (Wildman–Crippen LogP) is 1.70. The van der Waals surface area contributed by atoms with E-state index in [1.54, 1.807) is 11.9 Å². The minimum Gasteiger partial charge on any atom is -0.342 e. The number of benzene rings is 1. The van der Waals surface area contributed by atoms with Gasteiger partial charge in [-0.1, -0.05) is 0 Å². The van der Waals surface area contributed by atoms with Gasteiger partial charge in [-0.3, -0.25) is 14.5 Å². The monoisotopic (exact) mass is 296 g/mol. The number of hydrogen-bond donors (Lipinski definition) is 0. The zero-order valence-electron chi connectivity index (χ0n) is 11.9. The second kappa shape index (κ2) is 6.76. The molecule has 1 amide bonds. The van der Waals surface area contributed by atoms with Crippen LogP contribution in [0.25, 0.3) is 0 Å². The van der Waals surface area contributed by atoms with Crippen LogP contribution in [0.5, 0.6) is 0 Å². The Morgan fingerprint density at radius 3 is 2.52 bits per heavy atom. The van der Waals surface area contributed by atoms with Crippen molar-refractivity contribution in [3.63, 3.8) is 0 Å². The lowest BCUT2D eigenvalue weighted by atomic mass is 10.1. The average molecular weight is 296 g/mol. The zero-order valence-corrected chi connectivity index (χ0v) is 11.9. The summed E-state index contributed by atoms with van der Waals surface area (Å²) in [6.07, 6.45) is 2.01. The Morgan fingerprint density at radius 1 is 1.19 bits per heavy atom. The van der Waals surface area contributed by atoms with E-state index in [4.69, 9.17) is 0 Å². The second-order valence-corrected chi connectivity index (χ2v) is 5.31. The van der Waals surface area contributed by atoms with E-state index in [2.05, 4.69) is 0 Å². The number of ketones is 1. The fourth-order valence-electron chi connectivity index (χ4n) is 2.39. The number of nitrogens with zero attached hydrogens (tertiary/aromatic N) is 2. The lowest BCUT2D eigenvalue weighted by Crippen LogP contribution is -2.39. The molecule has 6 heteroatoms. The topological polar surface area (TPSA) is 40.6 Å². The van der Waals surface area contributed by atoms with Gasteiger partial charge in [-0.25, -0.2) is 8.78 Å². The summed E-state index contributed by atoms with van der Waals surface area (Å²) in [5.74, 6) is -1.98. The first-order valence-electron chi connectivity index (χ1n) is 6.92. The predicted molar refractivity (Wildman–Crippen MR) is 74.0 cm³/mol. The molecule has 0 N–H and O–H groups in total. The molecule has 1 aliphatic heterocycles. The van der Waals surface area contributed by atoms with Crippen molar-refractivity contribution in [1.82, 2.24) is 9.80 Å². The Kier molecular flexibility index (Phi) is 5.01. The smallest absolute Gasteiger partial charge is 0.236 e. The molecular weight excluding hydrogens is 278 g/mol. The molecule has 0 spiro atoms. The number of halogens is 2. The van der Waals surface area contributed by atoms with Gasteiger partial charge in [0.15, 0.2) is 5.78 Å². The van der Waals surface area contributed by atoms with E-state index in [1.165, 1.54) is 4.90 Å². The lowest BCUT2D eigenvalue weighted by molar-refractivity contribution is -0.130. The molecule has 0 saturated carbocycles. The maximum absolute atomic E-state index is 13.5. The van der Waals surface area contributed by atoms with Crippen LogP contribution in [0, 0.1) is 11.6 Å². The van der Waals surface area contributed by atoms with Gasteiger partial charge in [0.05, 0.1) is 18.7 Å². The van der Waals surface area contributed by atoms with E-state index in [1.807, 2.05) is 0 Å². The highest BCUT2D eigenvalue weighted by Crippen LogP contribution is 2.11. The molecule has 1 heterocycles. The molecule has 0 aromatic heterocycles. The number of Topliss-reactive ketones (excluding diaryl/α,β-unsaturated/α-hetero) is 1. The minimum absolute atomic E-state index is 0.0393. The highest BCUT2D eigenvalue weighted by Gasteiger charge is 2.21. The van der Waals surface area contributed by atoms with Gasteiger partial charge in [-0.05, 0) is 38.1 Å². The van der Waals surface area contributed by atoms with Crippen molar-refractivity contribution in [3.05, 3.63) is 35.4 Å². The Hall–Kier alpha value is -1.82. The van der Waals surface area contributed by atoms with E-state index in [-0.39, 0.29) is 24.6 Å². The van der Waals surface area contributed by atoms with Crippen LogP contribution in [-0.2, 0) is 4.79 Å². The second-order valence-electron chi connectivity index (χ2n) is 5.31. The molecule has 4 nitrogen and oxygen atoms in total. The van der Waals surface area contributed by atoms with Crippen molar-refractivity contribution in [2.45, 2.75) is 12.8 Å². The average Bonchev–Trinajstić information content (AvgIpc) is 2.95. The van der Waals surface area contributed by atoms with Crippen molar-refractivity contribution in [2.75, 3.05) is 33.2 Å². The Labute approximate surface area is 122 Å². The van der Waals surface area contributed by atoms with Gasteiger partial charge in [0, 0.05) is 13.1 Å². The normalized spacial score (nSPS) is 14.8. The number of hydrogen-bond acceptors (Lipinski definition) is 3. The summed E-state index contributed by atoms with van der Waals surface area (Å²) in [4.78, 5) is 27.2. The zero-order chi connectivity index (χ0) is 15.4. The molecule has 1 aromatic carbocycles. The number of rotatable bonds is 5. The van der Waals surface area contributed by atoms with Crippen molar-refractivity contribution >= 4 is 11.7 Å². The van der Waals surface area contributed by atoms with Crippen LogP contribution in [0.3, 0.4) is 0 Å². The molecule has 0 unspecified atom stereocenters. The Balaban J connectivity index is 1.92. The maximum atomic E-state index is 13.5. The molecule has 0 aliphatic carbocycles. The van der Waals surface area contributed by atoms with Crippen LogP contribution in [0.4, 0.5) is 8.78 Å². The van der Waals surface area contributed by atoms with E-state index >= 15 is 0 Å². The summed E-state index contributed by atoms with van der Waals surface area (Å²) in [6.45, 7) is 1.47. The fourth-order valence-corrected chi connectivity index (χ4v) is 2.39. The molecule has 0 bridgehead atoms. The third-order valence-electron chi connectivity index (χ3n) is 3.51. The molecule has 1 aliphatic rings. The van der Waals surface area contributed by atoms with Gasteiger partial charge in [-0.2, -0.15) is 0 Å². The first kappa shape index (κ1) is 15.6. The number of carbonyl (C=O) groups is 2. The molecule has 114 valence electrons. The fraction of sp³-hybridized carbons (Fsp3) is 0.467. The van der Waals surface area contributed by atoms with Gasteiger partial charge in [0.25, 0.3) is 0 Å². The molecule has 1 saturated heterocycles. The first-order valence-corrected chi connectivity index (χ1v) is 6.92. The van der Waals surface area contributed by atoms with Crippen LogP contribution >= 0.6 is 0 Å². The standard InChI is InChI=1S/C15H18F2N2O2/c1-18(10-15(21)19-6-2-3-7-19)9-14(20)12-8-11(16)4-5-13(12)17/h4-5,8H,2-3,6-7,9-10H2,1H3. The van der Waals surface area contributed by atoms with Crippen LogP contribution in [0.1, 0.15) is 23.2 Å². The van der Waals surface area contributed by atoms with E-state index < -0.39 is 17.4 Å². The van der Waals surface area contributed by atoms with Gasteiger partial charge >= 0.3 is 0 Å². The molecule has 21 heavy (non-hydrogen) atoms. The minimum atomic E-state index is -0.749. The summed E-state index contributed by atoms with van der Waals surface area (Å²) in [5, 5.41) is 0. The highest BCUT2D eigenvalue weighted by molar-refractivity contribution is 5.98. The molecule has 0 atom stereocenters. The number of likely N-dealkylation sites (N-methyl/N-ethyl adjacent to an activating group) is 1. The molecular formula is C15H18F2N2O2. The van der Waals surface area contributed by atoms with E-state index in [9.17, 15) is 18.4 Å². The van der Waals surface area contributed by atoms with Crippen molar-refractivity contribution < 1.29 is 18.4 Å². The van der Waals surface area contributed by atoms with Crippen molar-refractivity contribution in [1.29, 1.82) is 0 Å².